The molecule has 23 heavy (non-hydrogen) atoms. The van der Waals surface area contributed by atoms with E-state index >= 15 is 0 Å². The number of rotatable bonds is 7. The zero-order valence-corrected chi connectivity index (χ0v) is 12.7. The van der Waals surface area contributed by atoms with Crippen molar-refractivity contribution in [2.45, 2.75) is 4.90 Å². The van der Waals surface area contributed by atoms with Gasteiger partial charge in [0.1, 0.15) is 12.4 Å². The molecule has 0 bridgehead atoms. The number of sulfonamides is 1. The highest BCUT2D eigenvalue weighted by molar-refractivity contribution is 7.89. The molecule has 1 N–H and O–H groups in total. The van der Waals surface area contributed by atoms with E-state index in [0.717, 1.165) is 0 Å². The first-order valence-corrected chi connectivity index (χ1v) is 7.98. The second-order valence-corrected chi connectivity index (χ2v) is 6.06. The lowest BCUT2D eigenvalue weighted by Gasteiger charge is -2.06. The molecule has 0 saturated carbocycles. The lowest BCUT2D eigenvalue weighted by atomic mass is 10.2. The molecular formula is C15H13N2O5S-. The highest BCUT2D eigenvalue weighted by atomic mass is 32.2. The number of aliphatic carboxylic acids is 1. The molecule has 0 aliphatic heterocycles. The van der Waals surface area contributed by atoms with E-state index in [0.29, 0.717) is 11.3 Å². The van der Waals surface area contributed by atoms with Crippen molar-refractivity contribution in [1.29, 1.82) is 0 Å². The van der Waals surface area contributed by atoms with Crippen molar-refractivity contribution in [3.63, 3.8) is 0 Å². The summed E-state index contributed by atoms with van der Waals surface area (Å²) in [5.74, 6) is -0.956. The number of ether oxygens (including phenoxy) is 1. The molecule has 2 rings (SSSR count). The fraction of sp³-hybridized carbons (Fsp3) is 0.0667. The van der Waals surface area contributed by atoms with Crippen LogP contribution in [0.3, 0.4) is 0 Å². The second kappa shape index (κ2) is 7.41. The zero-order valence-electron chi connectivity index (χ0n) is 11.9. The first-order valence-electron chi connectivity index (χ1n) is 6.50. The van der Waals surface area contributed by atoms with E-state index in [1.165, 1.54) is 30.5 Å². The number of nitrogens with zero attached hydrogens (tertiary/aromatic N) is 1. The smallest absolute Gasteiger partial charge is 0.276 e. The maximum Gasteiger partial charge on any atom is 0.276 e. The summed E-state index contributed by atoms with van der Waals surface area (Å²) in [7, 11) is -3.70. The maximum absolute atomic E-state index is 11.9. The van der Waals surface area contributed by atoms with E-state index in [1.807, 2.05) is 0 Å². The average Bonchev–Trinajstić information content (AvgIpc) is 2.55. The summed E-state index contributed by atoms with van der Waals surface area (Å²) < 4.78 is 28.8. The van der Waals surface area contributed by atoms with Gasteiger partial charge in [-0.1, -0.05) is 18.2 Å². The summed E-state index contributed by atoms with van der Waals surface area (Å²) in [6, 6.07) is 14.1. The van der Waals surface area contributed by atoms with Gasteiger partial charge < -0.3 is 14.6 Å². The van der Waals surface area contributed by atoms with E-state index in [2.05, 4.69) is 9.93 Å². The number of carbonyl (C=O) groups excluding carboxylic acids is 1. The van der Waals surface area contributed by atoms with Gasteiger partial charge in [0, 0.05) is 0 Å². The third-order valence-electron chi connectivity index (χ3n) is 2.68. The van der Waals surface area contributed by atoms with Crippen LogP contribution < -0.4 is 14.7 Å². The fourth-order valence-corrected chi connectivity index (χ4v) is 2.43. The summed E-state index contributed by atoms with van der Waals surface area (Å²) >= 11 is 0. The SMILES string of the molecule is O=C([O-])COc1ccc(/C=N\NS(=O)(=O)c2ccccc2)cc1. The summed E-state index contributed by atoms with van der Waals surface area (Å²) in [4.78, 5) is 12.5. The molecule has 2 aromatic rings. The van der Waals surface area contributed by atoms with Gasteiger partial charge in [-0.15, -0.1) is 0 Å². The van der Waals surface area contributed by atoms with E-state index in [4.69, 9.17) is 4.74 Å². The van der Waals surface area contributed by atoms with E-state index in [-0.39, 0.29) is 4.90 Å². The summed E-state index contributed by atoms with van der Waals surface area (Å²) in [6.07, 6.45) is 1.32. The number of carboxylic acids is 1. The van der Waals surface area contributed by atoms with Crippen molar-refractivity contribution < 1.29 is 23.1 Å². The lowest BCUT2D eigenvalue weighted by Crippen LogP contribution is -2.28. The van der Waals surface area contributed by atoms with Gasteiger partial charge in [0.05, 0.1) is 17.1 Å². The van der Waals surface area contributed by atoms with Crippen molar-refractivity contribution in [2.75, 3.05) is 6.61 Å². The number of hydrogen-bond acceptors (Lipinski definition) is 6. The Labute approximate surface area is 133 Å². The summed E-state index contributed by atoms with van der Waals surface area (Å²) in [5, 5.41) is 14.0. The van der Waals surface area contributed by atoms with E-state index in [1.54, 1.807) is 30.3 Å². The molecular weight excluding hydrogens is 320 g/mol. The number of benzene rings is 2. The minimum atomic E-state index is -3.70. The van der Waals surface area contributed by atoms with Gasteiger partial charge in [-0.2, -0.15) is 13.5 Å². The monoisotopic (exact) mass is 333 g/mol. The minimum Gasteiger partial charge on any atom is -0.546 e. The molecule has 0 radical (unpaired) electrons. The van der Waals surface area contributed by atoms with Gasteiger partial charge in [0.15, 0.2) is 0 Å². The van der Waals surface area contributed by atoms with E-state index < -0.39 is 22.6 Å². The lowest BCUT2D eigenvalue weighted by molar-refractivity contribution is -0.307. The standard InChI is InChI=1S/C15H14N2O5S/c18-15(19)11-22-13-8-6-12(7-9-13)10-16-17-23(20,21)14-4-2-1-3-5-14/h1-10,17H,11H2,(H,18,19)/p-1/b16-10-. The van der Waals surface area contributed by atoms with Crippen molar-refractivity contribution in [3.05, 3.63) is 60.2 Å². The Morgan fingerprint density at radius 2 is 1.78 bits per heavy atom. The predicted octanol–water partition coefficient (Wildman–Crippen LogP) is 0.128. The molecule has 0 aliphatic carbocycles. The van der Waals surface area contributed by atoms with Crippen LogP contribution in [0.5, 0.6) is 5.75 Å². The van der Waals surface area contributed by atoms with Gasteiger partial charge in [-0.25, -0.2) is 4.83 Å². The number of hydrazone groups is 1. The molecule has 0 spiro atoms. The van der Waals surface area contributed by atoms with Gasteiger partial charge in [-0.05, 0) is 42.0 Å². The Hall–Kier alpha value is -2.87. The van der Waals surface area contributed by atoms with Crippen LogP contribution in [-0.2, 0) is 14.8 Å². The highest BCUT2D eigenvalue weighted by Crippen LogP contribution is 2.11. The molecule has 0 fully saturated rings. The molecule has 0 aromatic heterocycles. The fourth-order valence-electron chi connectivity index (χ4n) is 1.62. The van der Waals surface area contributed by atoms with Crippen molar-refractivity contribution in [3.8, 4) is 5.75 Å². The largest absolute Gasteiger partial charge is 0.546 e. The Kier molecular flexibility index (Phi) is 5.32. The molecule has 0 amide bonds. The van der Waals surface area contributed by atoms with Crippen LogP contribution in [-0.4, -0.2) is 27.2 Å². The van der Waals surface area contributed by atoms with Crippen LogP contribution in [0.4, 0.5) is 0 Å². The molecule has 2 aromatic carbocycles. The van der Waals surface area contributed by atoms with Gasteiger partial charge in [-0.3, -0.25) is 0 Å². The van der Waals surface area contributed by atoms with Crippen LogP contribution in [0.2, 0.25) is 0 Å². The molecule has 0 aliphatic rings. The maximum atomic E-state index is 11.9. The zero-order chi connectivity index (χ0) is 16.7. The second-order valence-electron chi connectivity index (χ2n) is 4.40. The number of carboxylic acid groups (broad SMARTS) is 1. The summed E-state index contributed by atoms with van der Waals surface area (Å²) in [5.41, 5.74) is 0.613. The van der Waals surface area contributed by atoms with E-state index in [9.17, 15) is 18.3 Å². The van der Waals surface area contributed by atoms with Crippen LogP contribution in [0.25, 0.3) is 0 Å². The van der Waals surface area contributed by atoms with Crippen molar-refractivity contribution in [2.24, 2.45) is 5.10 Å². The van der Waals surface area contributed by atoms with Crippen LogP contribution in [0, 0.1) is 0 Å². The quantitative estimate of drug-likeness (QED) is 0.572. The normalized spacial score (nSPS) is 11.3. The molecule has 0 saturated heterocycles. The van der Waals surface area contributed by atoms with Gasteiger partial charge >= 0.3 is 0 Å². The molecule has 0 unspecified atom stereocenters. The van der Waals surface area contributed by atoms with Crippen molar-refractivity contribution >= 4 is 22.2 Å². The number of nitrogens with one attached hydrogen (secondary N) is 1. The molecule has 0 heterocycles. The van der Waals surface area contributed by atoms with Gasteiger partial charge in [0.2, 0.25) is 0 Å². The average molecular weight is 333 g/mol. The van der Waals surface area contributed by atoms with Crippen LogP contribution in [0.1, 0.15) is 5.56 Å². The van der Waals surface area contributed by atoms with Crippen LogP contribution >= 0.6 is 0 Å². The third kappa shape index (κ3) is 5.11. The minimum absolute atomic E-state index is 0.114. The molecule has 8 heteroatoms. The number of carbonyl (C=O) groups is 1. The topological polar surface area (TPSA) is 108 Å². The molecule has 120 valence electrons. The Morgan fingerprint density at radius 1 is 1.13 bits per heavy atom. The Balaban J connectivity index is 1.97. The molecule has 7 nitrogen and oxygen atoms in total. The molecule has 0 atom stereocenters. The van der Waals surface area contributed by atoms with Gasteiger partial charge in [0.25, 0.3) is 10.0 Å². The van der Waals surface area contributed by atoms with Crippen molar-refractivity contribution in [1.82, 2.24) is 4.83 Å². The third-order valence-corrected chi connectivity index (χ3v) is 3.92. The summed E-state index contributed by atoms with van der Waals surface area (Å²) in [6.45, 7) is -0.537. The Morgan fingerprint density at radius 3 is 2.39 bits per heavy atom. The highest BCUT2D eigenvalue weighted by Gasteiger charge is 2.10. The van der Waals surface area contributed by atoms with Crippen LogP contribution in [0.15, 0.2) is 64.6 Å². The first-order chi connectivity index (χ1) is 11.0. The predicted molar refractivity (Wildman–Crippen MR) is 81.3 cm³/mol. The first kappa shape index (κ1) is 16.5. The number of hydrogen-bond donors (Lipinski definition) is 1. The Bertz CT molecular complexity index is 786.